The van der Waals surface area contributed by atoms with Gasteiger partial charge in [0.1, 0.15) is 0 Å². The first-order valence-corrected chi connectivity index (χ1v) is 6.75. The second-order valence-electron chi connectivity index (χ2n) is 4.27. The molecule has 84 valence electrons. The summed E-state index contributed by atoms with van der Waals surface area (Å²) in [6, 6.07) is 0. The Labute approximate surface area is 85.8 Å². The summed E-state index contributed by atoms with van der Waals surface area (Å²) in [4.78, 5) is 0. The van der Waals surface area contributed by atoms with Crippen LogP contribution in [0.4, 0.5) is 0 Å². The Morgan fingerprint density at radius 3 is 2.43 bits per heavy atom. The van der Waals surface area contributed by atoms with E-state index in [0.717, 1.165) is 19.3 Å². The lowest BCUT2D eigenvalue weighted by atomic mass is 9.80. The van der Waals surface area contributed by atoms with Crippen LogP contribution in [-0.2, 0) is 10.0 Å². The maximum absolute atomic E-state index is 11.5. The van der Waals surface area contributed by atoms with Gasteiger partial charge in [-0.3, -0.25) is 0 Å². The van der Waals surface area contributed by atoms with Gasteiger partial charge in [0.05, 0.1) is 5.75 Å². The van der Waals surface area contributed by atoms with Gasteiger partial charge in [0.2, 0.25) is 10.0 Å². The van der Waals surface area contributed by atoms with Gasteiger partial charge in [-0.2, -0.15) is 0 Å². The van der Waals surface area contributed by atoms with Gasteiger partial charge in [0.15, 0.2) is 0 Å². The van der Waals surface area contributed by atoms with Crippen LogP contribution in [0, 0.1) is 0 Å². The fraction of sp³-hybridized carbons (Fsp3) is 1.00. The van der Waals surface area contributed by atoms with Crippen LogP contribution in [0.3, 0.4) is 0 Å². The molecular weight excluding hydrogens is 202 g/mol. The van der Waals surface area contributed by atoms with E-state index in [1.54, 1.807) is 0 Å². The Balaban J connectivity index is 2.34. The number of nitrogens with one attached hydrogen (secondary N) is 1. The van der Waals surface area contributed by atoms with Crippen molar-refractivity contribution in [3.05, 3.63) is 0 Å². The molecule has 2 N–H and O–H groups in total. The van der Waals surface area contributed by atoms with Crippen molar-refractivity contribution >= 4 is 10.0 Å². The highest BCUT2D eigenvalue weighted by Crippen LogP contribution is 2.31. The van der Waals surface area contributed by atoms with E-state index in [-0.39, 0.29) is 17.9 Å². The molecule has 1 aliphatic carbocycles. The molecule has 5 heteroatoms. The maximum Gasteiger partial charge on any atom is 0.212 e. The average molecular weight is 221 g/mol. The van der Waals surface area contributed by atoms with E-state index < -0.39 is 10.0 Å². The zero-order chi connectivity index (χ0) is 10.7. The van der Waals surface area contributed by atoms with Crippen LogP contribution < -0.4 is 4.72 Å². The molecule has 1 rings (SSSR count). The first-order chi connectivity index (χ1) is 6.47. The van der Waals surface area contributed by atoms with Crippen LogP contribution in [0.15, 0.2) is 0 Å². The molecule has 0 aromatic heterocycles. The molecule has 0 spiro atoms. The number of rotatable bonds is 6. The Kier molecular flexibility index (Phi) is 3.92. The summed E-state index contributed by atoms with van der Waals surface area (Å²) >= 11 is 0. The lowest BCUT2D eigenvalue weighted by Crippen LogP contribution is -2.51. The Hall–Kier alpha value is -0.130. The van der Waals surface area contributed by atoms with E-state index in [9.17, 15) is 8.42 Å². The summed E-state index contributed by atoms with van der Waals surface area (Å²) in [6.07, 6.45) is 4.06. The molecule has 1 saturated carbocycles. The summed E-state index contributed by atoms with van der Waals surface area (Å²) in [5.74, 6) is 0.128. The third kappa shape index (κ3) is 3.55. The van der Waals surface area contributed by atoms with E-state index in [1.165, 1.54) is 0 Å². The van der Waals surface area contributed by atoms with Gasteiger partial charge >= 0.3 is 0 Å². The molecule has 4 nitrogen and oxygen atoms in total. The van der Waals surface area contributed by atoms with Gasteiger partial charge in [-0.1, -0.05) is 0 Å². The van der Waals surface area contributed by atoms with E-state index in [4.69, 9.17) is 5.11 Å². The SMILES string of the molecule is CC1(NS(=O)(=O)CCCCO)CCC1. The minimum absolute atomic E-state index is 0.0623. The Morgan fingerprint density at radius 2 is 2.00 bits per heavy atom. The van der Waals surface area contributed by atoms with Crippen molar-refractivity contribution in [1.29, 1.82) is 0 Å². The first-order valence-electron chi connectivity index (χ1n) is 5.10. The van der Waals surface area contributed by atoms with Crippen molar-refractivity contribution < 1.29 is 13.5 Å². The molecule has 14 heavy (non-hydrogen) atoms. The van der Waals surface area contributed by atoms with Gasteiger partial charge in [-0.05, 0) is 39.0 Å². The molecule has 0 amide bonds. The van der Waals surface area contributed by atoms with Crippen LogP contribution in [0.25, 0.3) is 0 Å². The second kappa shape index (κ2) is 4.59. The van der Waals surface area contributed by atoms with E-state index in [1.807, 2.05) is 6.92 Å². The smallest absolute Gasteiger partial charge is 0.212 e. The summed E-state index contributed by atoms with van der Waals surface area (Å²) in [6.45, 7) is 2.01. The Bertz CT molecular complexity index is 270. The monoisotopic (exact) mass is 221 g/mol. The number of unbranched alkanes of at least 4 members (excludes halogenated alkanes) is 1. The molecule has 0 aromatic carbocycles. The zero-order valence-corrected chi connectivity index (χ0v) is 9.44. The quantitative estimate of drug-likeness (QED) is 0.646. The van der Waals surface area contributed by atoms with E-state index >= 15 is 0 Å². The van der Waals surface area contributed by atoms with Gasteiger partial charge in [0.25, 0.3) is 0 Å². The predicted molar refractivity (Wildman–Crippen MR) is 55.5 cm³/mol. The number of aliphatic hydroxyl groups excluding tert-OH is 1. The van der Waals surface area contributed by atoms with Crippen LogP contribution in [0.2, 0.25) is 0 Å². The molecule has 0 unspecified atom stereocenters. The molecule has 0 radical (unpaired) electrons. The molecule has 0 bridgehead atoms. The normalized spacial score (nSPS) is 20.4. The molecule has 0 atom stereocenters. The minimum Gasteiger partial charge on any atom is -0.396 e. The zero-order valence-electron chi connectivity index (χ0n) is 8.62. The van der Waals surface area contributed by atoms with Gasteiger partial charge < -0.3 is 5.11 Å². The van der Waals surface area contributed by atoms with Crippen LogP contribution >= 0.6 is 0 Å². The lowest BCUT2D eigenvalue weighted by molar-refractivity contribution is 0.247. The van der Waals surface area contributed by atoms with Crippen molar-refractivity contribution in [2.24, 2.45) is 0 Å². The summed E-state index contributed by atoms with van der Waals surface area (Å²) in [7, 11) is -3.13. The summed E-state index contributed by atoms with van der Waals surface area (Å²) < 4.78 is 25.8. The lowest BCUT2D eigenvalue weighted by Gasteiger charge is -2.38. The minimum atomic E-state index is -3.13. The predicted octanol–water partition coefficient (Wildman–Crippen LogP) is 0.621. The Morgan fingerprint density at radius 1 is 1.36 bits per heavy atom. The van der Waals surface area contributed by atoms with Crippen LogP contribution in [0.1, 0.15) is 39.0 Å². The fourth-order valence-corrected chi connectivity index (χ4v) is 3.28. The average Bonchev–Trinajstić information content (AvgIpc) is 2.01. The van der Waals surface area contributed by atoms with Crippen molar-refractivity contribution in [3.63, 3.8) is 0 Å². The number of hydrogen-bond donors (Lipinski definition) is 2. The third-order valence-corrected chi connectivity index (χ3v) is 4.31. The highest BCUT2D eigenvalue weighted by atomic mass is 32.2. The largest absolute Gasteiger partial charge is 0.396 e. The van der Waals surface area contributed by atoms with E-state index in [2.05, 4.69) is 4.72 Å². The number of aliphatic hydroxyl groups is 1. The van der Waals surface area contributed by atoms with Crippen molar-refractivity contribution in [2.45, 2.75) is 44.6 Å². The fourth-order valence-electron chi connectivity index (χ4n) is 1.64. The van der Waals surface area contributed by atoms with Crippen molar-refractivity contribution in [3.8, 4) is 0 Å². The van der Waals surface area contributed by atoms with Crippen molar-refractivity contribution in [2.75, 3.05) is 12.4 Å². The summed E-state index contributed by atoms with van der Waals surface area (Å²) in [5, 5.41) is 8.54. The van der Waals surface area contributed by atoms with Crippen molar-refractivity contribution in [1.82, 2.24) is 4.72 Å². The summed E-state index contributed by atoms with van der Waals surface area (Å²) in [5.41, 5.74) is -0.196. The third-order valence-electron chi connectivity index (χ3n) is 2.68. The molecule has 1 aliphatic rings. The highest BCUT2D eigenvalue weighted by Gasteiger charge is 2.35. The molecule has 0 aromatic rings. The molecule has 0 heterocycles. The first kappa shape index (κ1) is 11.9. The topological polar surface area (TPSA) is 66.4 Å². The maximum atomic E-state index is 11.5. The van der Waals surface area contributed by atoms with Gasteiger partial charge in [-0.15, -0.1) is 0 Å². The number of hydrogen-bond acceptors (Lipinski definition) is 3. The second-order valence-corrected chi connectivity index (χ2v) is 6.11. The standard InChI is InChI=1S/C9H19NO3S/c1-9(5-4-6-9)10-14(12,13)8-3-2-7-11/h10-11H,2-8H2,1H3. The molecule has 0 aliphatic heterocycles. The molecule has 1 fully saturated rings. The van der Waals surface area contributed by atoms with Crippen LogP contribution in [-0.4, -0.2) is 31.4 Å². The van der Waals surface area contributed by atoms with E-state index in [0.29, 0.717) is 12.8 Å². The van der Waals surface area contributed by atoms with Gasteiger partial charge in [0, 0.05) is 12.1 Å². The molecule has 0 saturated heterocycles. The van der Waals surface area contributed by atoms with Gasteiger partial charge in [-0.25, -0.2) is 13.1 Å². The van der Waals surface area contributed by atoms with Crippen LogP contribution in [0.5, 0.6) is 0 Å². The molecular formula is C9H19NO3S. The highest BCUT2D eigenvalue weighted by molar-refractivity contribution is 7.89. The number of sulfonamides is 1.